The van der Waals surface area contributed by atoms with Crippen molar-refractivity contribution in [3.8, 4) is 5.75 Å². The van der Waals surface area contributed by atoms with Crippen molar-refractivity contribution < 1.29 is 9.13 Å². The molecule has 1 aromatic carbocycles. The first-order valence-electron chi connectivity index (χ1n) is 5.61. The quantitative estimate of drug-likeness (QED) is 0.789. The van der Waals surface area contributed by atoms with Crippen LogP contribution in [0.1, 0.15) is 12.8 Å². The SMILES string of the molecule is Fc1ccc(OCCC2=CCNCC2)cc1. The second kappa shape index (κ2) is 5.66. The van der Waals surface area contributed by atoms with Gasteiger partial charge in [0.25, 0.3) is 0 Å². The molecule has 3 heteroatoms. The summed E-state index contributed by atoms with van der Waals surface area (Å²) in [5.41, 5.74) is 1.45. The van der Waals surface area contributed by atoms with Crippen molar-refractivity contribution in [3.63, 3.8) is 0 Å². The van der Waals surface area contributed by atoms with Crippen molar-refractivity contribution in [2.24, 2.45) is 0 Å². The summed E-state index contributed by atoms with van der Waals surface area (Å²) < 4.78 is 18.2. The third kappa shape index (κ3) is 3.35. The second-order valence-corrected chi connectivity index (χ2v) is 3.87. The molecule has 0 saturated carbocycles. The van der Waals surface area contributed by atoms with Gasteiger partial charge in [0.2, 0.25) is 0 Å². The molecule has 1 heterocycles. The molecule has 16 heavy (non-hydrogen) atoms. The molecule has 0 aromatic heterocycles. The van der Waals surface area contributed by atoms with E-state index in [0.717, 1.165) is 31.7 Å². The minimum Gasteiger partial charge on any atom is -0.493 e. The Bertz CT molecular complexity index is 359. The van der Waals surface area contributed by atoms with Gasteiger partial charge in [-0.05, 0) is 37.2 Å². The molecule has 0 aliphatic carbocycles. The lowest BCUT2D eigenvalue weighted by Crippen LogP contribution is -2.21. The molecule has 0 amide bonds. The van der Waals surface area contributed by atoms with Crippen molar-refractivity contribution in [1.82, 2.24) is 5.32 Å². The molecule has 1 N–H and O–H groups in total. The van der Waals surface area contributed by atoms with Crippen LogP contribution in [-0.2, 0) is 0 Å². The van der Waals surface area contributed by atoms with E-state index >= 15 is 0 Å². The molecule has 1 aliphatic rings. The highest BCUT2D eigenvalue weighted by Gasteiger charge is 2.02. The van der Waals surface area contributed by atoms with Crippen LogP contribution in [0, 0.1) is 5.82 Å². The highest BCUT2D eigenvalue weighted by Crippen LogP contribution is 2.14. The number of hydrogen-bond acceptors (Lipinski definition) is 2. The van der Waals surface area contributed by atoms with Crippen molar-refractivity contribution in [1.29, 1.82) is 0 Å². The number of benzene rings is 1. The average molecular weight is 221 g/mol. The molecule has 2 rings (SSSR count). The van der Waals surface area contributed by atoms with Crippen molar-refractivity contribution in [2.45, 2.75) is 12.8 Å². The third-order valence-electron chi connectivity index (χ3n) is 2.66. The highest BCUT2D eigenvalue weighted by atomic mass is 19.1. The van der Waals surface area contributed by atoms with Crippen LogP contribution in [0.5, 0.6) is 5.75 Å². The number of ether oxygens (including phenoxy) is 1. The second-order valence-electron chi connectivity index (χ2n) is 3.87. The van der Waals surface area contributed by atoms with Crippen molar-refractivity contribution in [2.75, 3.05) is 19.7 Å². The van der Waals surface area contributed by atoms with E-state index in [9.17, 15) is 4.39 Å². The molecular formula is C13H16FNO. The van der Waals surface area contributed by atoms with Crippen LogP contribution in [-0.4, -0.2) is 19.7 Å². The smallest absolute Gasteiger partial charge is 0.123 e. The average Bonchev–Trinajstić information content (AvgIpc) is 2.33. The summed E-state index contributed by atoms with van der Waals surface area (Å²) in [6.45, 7) is 2.69. The Kier molecular flexibility index (Phi) is 3.94. The van der Waals surface area contributed by atoms with Gasteiger partial charge in [-0.2, -0.15) is 0 Å². The zero-order chi connectivity index (χ0) is 11.2. The van der Waals surface area contributed by atoms with Crippen LogP contribution in [0.15, 0.2) is 35.9 Å². The van der Waals surface area contributed by atoms with Gasteiger partial charge in [0.05, 0.1) is 6.61 Å². The van der Waals surface area contributed by atoms with Gasteiger partial charge in [-0.1, -0.05) is 11.6 Å². The van der Waals surface area contributed by atoms with Gasteiger partial charge < -0.3 is 10.1 Å². The fourth-order valence-electron chi connectivity index (χ4n) is 1.73. The van der Waals surface area contributed by atoms with E-state index in [4.69, 9.17) is 4.74 Å². The summed E-state index contributed by atoms with van der Waals surface area (Å²) in [7, 11) is 0. The van der Waals surface area contributed by atoms with E-state index in [2.05, 4.69) is 11.4 Å². The van der Waals surface area contributed by atoms with E-state index in [1.807, 2.05) is 0 Å². The van der Waals surface area contributed by atoms with Gasteiger partial charge in [0.15, 0.2) is 0 Å². The molecule has 2 nitrogen and oxygen atoms in total. The first kappa shape index (κ1) is 11.1. The molecule has 86 valence electrons. The Labute approximate surface area is 95.1 Å². The van der Waals surface area contributed by atoms with E-state index in [-0.39, 0.29) is 5.82 Å². The minimum absolute atomic E-state index is 0.228. The summed E-state index contributed by atoms with van der Waals surface area (Å²) in [5.74, 6) is 0.504. The van der Waals surface area contributed by atoms with E-state index in [0.29, 0.717) is 6.61 Å². The largest absolute Gasteiger partial charge is 0.493 e. The van der Waals surface area contributed by atoms with Crippen LogP contribution in [0.25, 0.3) is 0 Å². The Morgan fingerprint density at radius 2 is 2.06 bits per heavy atom. The van der Waals surface area contributed by atoms with E-state index < -0.39 is 0 Å². The number of rotatable bonds is 4. The minimum atomic E-state index is -0.228. The summed E-state index contributed by atoms with van der Waals surface area (Å²) in [5, 5.41) is 3.27. The normalized spacial score (nSPS) is 15.7. The van der Waals surface area contributed by atoms with E-state index in [1.165, 1.54) is 17.7 Å². The molecule has 0 unspecified atom stereocenters. The fraction of sp³-hybridized carbons (Fsp3) is 0.385. The number of hydrogen-bond donors (Lipinski definition) is 1. The van der Waals surface area contributed by atoms with Crippen LogP contribution in [0.4, 0.5) is 4.39 Å². The van der Waals surface area contributed by atoms with Crippen LogP contribution in [0.2, 0.25) is 0 Å². The van der Waals surface area contributed by atoms with Gasteiger partial charge in [-0.15, -0.1) is 0 Å². The molecule has 1 aromatic rings. The van der Waals surface area contributed by atoms with Crippen LogP contribution < -0.4 is 10.1 Å². The Hall–Kier alpha value is -1.35. The predicted octanol–water partition coefficient (Wildman–Crippen LogP) is 2.51. The molecular weight excluding hydrogens is 205 g/mol. The topological polar surface area (TPSA) is 21.3 Å². The molecule has 1 aliphatic heterocycles. The Morgan fingerprint density at radius 1 is 1.25 bits per heavy atom. The molecule has 0 radical (unpaired) electrons. The summed E-state index contributed by atoms with van der Waals surface area (Å²) >= 11 is 0. The van der Waals surface area contributed by atoms with Gasteiger partial charge in [-0.3, -0.25) is 0 Å². The van der Waals surface area contributed by atoms with Crippen LogP contribution in [0.3, 0.4) is 0 Å². The Balaban J connectivity index is 1.75. The zero-order valence-electron chi connectivity index (χ0n) is 9.21. The van der Waals surface area contributed by atoms with E-state index in [1.54, 1.807) is 12.1 Å². The lowest BCUT2D eigenvalue weighted by molar-refractivity contribution is 0.318. The van der Waals surface area contributed by atoms with Gasteiger partial charge in [0, 0.05) is 13.0 Å². The summed E-state index contributed by atoms with van der Waals surface area (Å²) in [4.78, 5) is 0. The molecule has 0 atom stereocenters. The van der Waals surface area contributed by atoms with Gasteiger partial charge in [-0.25, -0.2) is 4.39 Å². The number of nitrogens with one attached hydrogen (secondary N) is 1. The van der Waals surface area contributed by atoms with Crippen molar-refractivity contribution in [3.05, 3.63) is 41.7 Å². The predicted molar refractivity (Wildman–Crippen MR) is 62.1 cm³/mol. The summed E-state index contributed by atoms with van der Waals surface area (Å²) in [6, 6.07) is 6.15. The first-order chi connectivity index (χ1) is 7.84. The molecule has 0 spiro atoms. The first-order valence-corrected chi connectivity index (χ1v) is 5.61. The van der Waals surface area contributed by atoms with Gasteiger partial charge >= 0.3 is 0 Å². The van der Waals surface area contributed by atoms with Crippen LogP contribution >= 0.6 is 0 Å². The lowest BCUT2D eigenvalue weighted by atomic mass is 10.1. The zero-order valence-corrected chi connectivity index (χ0v) is 9.21. The standard InChI is InChI=1S/C13H16FNO/c14-12-1-3-13(4-2-12)16-10-7-11-5-8-15-9-6-11/h1-5,15H,6-10H2. The maximum Gasteiger partial charge on any atom is 0.123 e. The summed E-state index contributed by atoms with van der Waals surface area (Å²) in [6.07, 6.45) is 4.28. The monoisotopic (exact) mass is 221 g/mol. The van der Waals surface area contributed by atoms with Crippen molar-refractivity contribution >= 4 is 0 Å². The third-order valence-corrected chi connectivity index (χ3v) is 2.66. The van der Waals surface area contributed by atoms with Gasteiger partial charge in [0.1, 0.15) is 11.6 Å². The molecule has 0 fully saturated rings. The molecule has 0 saturated heterocycles. The lowest BCUT2D eigenvalue weighted by Gasteiger charge is -2.14. The number of halogens is 1. The maximum absolute atomic E-state index is 12.6. The maximum atomic E-state index is 12.6. The Morgan fingerprint density at radius 3 is 2.75 bits per heavy atom. The molecule has 0 bridgehead atoms. The highest BCUT2D eigenvalue weighted by molar-refractivity contribution is 5.22. The fourth-order valence-corrected chi connectivity index (χ4v) is 1.73.